The van der Waals surface area contributed by atoms with E-state index >= 15 is 0 Å². The summed E-state index contributed by atoms with van der Waals surface area (Å²) in [5.41, 5.74) is 1.20. The topological polar surface area (TPSA) is 25.8 Å². The van der Waals surface area contributed by atoms with Gasteiger partial charge in [-0.25, -0.2) is 14.4 Å². The number of benzene rings is 1. The quantitative estimate of drug-likeness (QED) is 0.550. The molecule has 0 bridgehead atoms. The summed E-state index contributed by atoms with van der Waals surface area (Å²) in [7, 11) is 0. The van der Waals surface area contributed by atoms with Gasteiger partial charge >= 0.3 is 0 Å². The third-order valence-corrected chi connectivity index (χ3v) is 3.18. The van der Waals surface area contributed by atoms with Crippen molar-refractivity contribution in [2.45, 2.75) is 0 Å². The van der Waals surface area contributed by atoms with Crippen molar-refractivity contribution in [3.8, 4) is 11.8 Å². The van der Waals surface area contributed by atoms with Gasteiger partial charge < -0.3 is 0 Å². The second-order valence-electron chi connectivity index (χ2n) is 3.08. The molecule has 5 heteroatoms. The maximum atomic E-state index is 12.7. The number of hydrogen-bond acceptors (Lipinski definition) is 2. The van der Waals surface area contributed by atoms with E-state index in [0.717, 1.165) is 0 Å². The van der Waals surface area contributed by atoms with Crippen LogP contribution in [0.1, 0.15) is 11.3 Å². The third kappa shape index (κ3) is 3.02. The first kappa shape index (κ1) is 12.0. The third-order valence-electron chi connectivity index (χ3n) is 1.92. The van der Waals surface area contributed by atoms with Gasteiger partial charge in [-0.2, -0.15) is 0 Å². The fourth-order valence-corrected chi connectivity index (χ4v) is 1.54. The minimum Gasteiger partial charge on any atom is -0.227 e. The Hall–Kier alpha value is -1.44. The Morgan fingerprint density at radius 1 is 1.12 bits per heavy atom. The molecular weight excluding hydrogens is 307 g/mol. The Labute approximate surface area is 111 Å². The summed E-state index contributed by atoms with van der Waals surface area (Å²) in [5.74, 6) is 5.41. The molecular formula is C12H5BrClFN2. The van der Waals surface area contributed by atoms with E-state index in [1.807, 2.05) is 0 Å². The minimum atomic E-state index is -0.290. The summed E-state index contributed by atoms with van der Waals surface area (Å²) in [6.07, 6.45) is 1.34. The zero-order valence-electron chi connectivity index (χ0n) is 8.42. The smallest absolute Gasteiger partial charge is 0.147 e. The Balaban J connectivity index is 2.33. The molecule has 0 aliphatic carbocycles. The summed E-state index contributed by atoms with van der Waals surface area (Å²) in [6.45, 7) is 0. The van der Waals surface area contributed by atoms with Crippen LogP contribution in [0.3, 0.4) is 0 Å². The van der Waals surface area contributed by atoms with Crippen LogP contribution in [0.15, 0.2) is 35.1 Å². The maximum absolute atomic E-state index is 12.7. The van der Waals surface area contributed by atoms with E-state index in [4.69, 9.17) is 11.6 Å². The molecule has 0 amide bonds. The normalized spacial score (nSPS) is 9.59. The molecule has 0 atom stereocenters. The lowest BCUT2D eigenvalue weighted by Gasteiger charge is -1.95. The monoisotopic (exact) mass is 310 g/mol. The van der Waals surface area contributed by atoms with Gasteiger partial charge in [0.25, 0.3) is 0 Å². The minimum absolute atomic E-state index is 0.290. The standard InChI is InChI=1S/C12H5BrClFN2/c13-11-10(16-7-17-12(11)14)6-3-8-1-4-9(15)5-2-8/h1-2,4-5,7H. The van der Waals surface area contributed by atoms with Crippen LogP contribution in [0.5, 0.6) is 0 Å². The van der Waals surface area contributed by atoms with Crippen molar-refractivity contribution in [3.05, 3.63) is 57.3 Å². The van der Waals surface area contributed by atoms with Crippen LogP contribution in [0.4, 0.5) is 4.39 Å². The largest absolute Gasteiger partial charge is 0.227 e. The second kappa shape index (κ2) is 5.26. The highest BCUT2D eigenvalue weighted by atomic mass is 79.9. The van der Waals surface area contributed by atoms with Gasteiger partial charge in [0, 0.05) is 5.56 Å². The highest BCUT2D eigenvalue weighted by molar-refractivity contribution is 9.10. The van der Waals surface area contributed by atoms with Crippen molar-refractivity contribution >= 4 is 27.5 Å². The van der Waals surface area contributed by atoms with E-state index in [1.165, 1.54) is 18.5 Å². The predicted molar refractivity (Wildman–Crippen MR) is 67.1 cm³/mol. The molecule has 0 aliphatic rings. The first-order valence-corrected chi connectivity index (χ1v) is 5.77. The van der Waals surface area contributed by atoms with Crippen molar-refractivity contribution in [2.75, 3.05) is 0 Å². The summed E-state index contributed by atoms with van der Waals surface area (Å²) < 4.78 is 13.2. The molecule has 2 rings (SSSR count). The molecule has 0 unspecified atom stereocenters. The predicted octanol–water partition coefficient (Wildman–Crippen LogP) is 3.43. The van der Waals surface area contributed by atoms with Gasteiger partial charge in [-0.05, 0) is 46.1 Å². The molecule has 1 heterocycles. The van der Waals surface area contributed by atoms with Crippen molar-refractivity contribution < 1.29 is 4.39 Å². The molecule has 84 valence electrons. The fourth-order valence-electron chi connectivity index (χ4n) is 1.10. The van der Waals surface area contributed by atoms with Crippen molar-refractivity contribution in [1.29, 1.82) is 0 Å². The number of nitrogens with zero attached hydrogens (tertiary/aromatic N) is 2. The zero-order valence-corrected chi connectivity index (χ0v) is 10.8. The molecule has 0 fully saturated rings. The van der Waals surface area contributed by atoms with E-state index in [9.17, 15) is 4.39 Å². The molecule has 1 aromatic heterocycles. The highest BCUT2D eigenvalue weighted by Gasteiger charge is 2.03. The van der Waals surface area contributed by atoms with Crippen LogP contribution >= 0.6 is 27.5 Å². The van der Waals surface area contributed by atoms with E-state index in [2.05, 4.69) is 37.7 Å². The maximum Gasteiger partial charge on any atom is 0.147 e. The van der Waals surface area contributed by atoms with Crippen LogP contribution in [-0.4, -0.2) is 9.97 Å². The number of rotatable bonds is 0. The van der Waals surface area contributed by atoms with Gasteiger partial charge in [-0.3, -0.25) is 0 Å². The van der Waals surface area contributed by atoms with Gasteiger partial charge in [0.15, 0.2) is 0 Å². The second-order valence-corrected chi connectivity index (χ2v) is 4.23. The van der Waals surface area contributed by atoms with Gasteiger partial charge in [-0.1, -0.05) is 17.5 Å². The molecule has 0 radical (unpaired) electrons. The van der Waals surface area contributed by atoms with E-state index < -0.39 is 0 Å². The molecule has 1 aromatic carbocycles. The number of halogens is 3. The molecule has 2 aromatic rings. The zero-order chi connectivity index (χ0) is 12.3. The first-order chi connectivity index (χ1) is 8.16. The summed E-state index contributed by atoms with van der Waals surface area (Å²) in [5, 5.41) is 0.309. The Kier molecular flexibility index (Phi) is 3.72. The van der Waals surface area contributed by atoms with Crippen molar-refractivity contribution in [2.24, 2.45) is 0 Å². The summed E-state index contributed by atoms with van der Waals surface area (Å²) >= 11 is 9.05. The van der Waals surface area contributed by atoms with Crippen LogP contribution < -0.4 is 0 Å². The van der Waals surface area contributed by atoms with E-state index in [-0.39, 0.29) is 5.82 Å². The molecule has 2 nitrogen and oxygen atoms in total. The average molecular weight is 312 g/mol. The molecule has 17 heavy (non-hydrogen) atoms. The lowest BCUT2D eigenvalue weighted by molar-refractivity contribution is 0.627. The van der Waals surface area contributed by atoms with Crippen molar-refractivity contribution in [1.82, 2.24) is 9.97 Å². The van der Waals surface area contributed by atoms with Gasteiger partial charge in [0.1, 0.15) is 23.0 Å². The van der Waals surface area contributed by atoms with Crippen LogP contribution in [0, 0.1) is 17.7 Å². The Morgan fingerprint density at radius 2 is 1.82 bits per heavy atom. The van der Waals surface area contributed by atoms with Crippen LogP contribution in [0.25, 0.3) is 0 Å². The van der Waals surface area contributed by atoms with E-state index in [1.54, 1.807) is 12.1 Å². The Bertz CT molecular complexity index is 602. The van der Waals surface area contributed by atoms with Crippen LogP contribution in [0.2, 0.25) is 5.15 Å². The molecule has 0 spiro atoms. The van der Waals surface area contributed by atoms with Gasteiger partial charge in [-0.15, -0.1) is 0 Å². The number of hydrogen-bond donors (Lipinski definition) is 0. The Morgan fingerprint density at radius 3 is 2.53 bits per heavy atom. The summed E-state index contributed by atoms with van der Waals surface area (Å²) in [4.78, 5) is 7.78. The van der Waals surface area contributed by atoms with Gasteiger partial charge in [0.2, 0.25) is 0 Å². The summed E-state index contributed by atoms with van der Waals surface area (Å²) in [6, 6.07) is 5.90. The first-order valence-electron chi connectivity index (χ1n) is 4.60. The number of aromatic nitrogens is 2. The van der Waals surface area contributed by atoms with Gasteiger partial charge in [0.05, 0.1) is 4.47 Å². The van der Waals surface area contributed by atoms with E-state index in [0.29, 0.717) is 20.9 Å². The highest BCUT2D eigenvalue weighted by Crippen LogP contribution is 2.21. The molecule has 0 N–H and O–H groups in total. The average Bonchev–Trinajstić information content (AvgIpc) is 2.33. The fraction of sp³-hybridized carbons (Fsp3) is 0. The molecule has 0 saturated heterocycles. The molecule has 0 saturated carbocycles. The van der Waals surface area contributed by atoms with Crippen molar-refractivity contribution in [3.63, 3.8) is 0 Å². The lowest BCUT2D eigenvalue weighted by atomic mass is 10.2. The lowest BCUT2D eigenvalue weighted by Crippen LogP contribution is -1.88. The van der Waals surface area contributed by atoms with Crippen LogP contribution in [-0.2, 0) is 0 Å². The SMILES string of the molecule is Fc1ccc(C#Cc2ncnc(Cl)c2Br)cc1. The molecule has 0 aliphatic heterocycles.